The molecule has 0 spiro atoms. The highest BCUT2D eigenvalue weighted by Crippen LogP contribution is 2.17. The number of phenols is 1. The molecule has 0 aliphatic carbocycles. The van der Waals surface area contributed by atoms with Crippen LogP contribution in [0.5, 0.6) is 5.75 Å². The van der Waals surface area contributed by atoms with Gasteiger partial charge in [-0.25, -0.2) is 4.39 Å². The van der Waals surface area contributed by atoms with Gasteiger partial charge in [-0.15, -0.1) is 0 Å². The maximum absolute atomic E-state index is 12.9. The van der Waals surface area contributed by atoms with Gasteiger partial charge in [-0.05, 0) is 38.0 Å². The van der Waals surface area contributed by atoms with E-state index >= 15 is 0 Å². The van der Waals surface area contributed by atoms with E-state index in [2.05, 4.69) is 5.32 Å². The number of aromatic hydroxyl groups is 1. The van der Waals surface area contributed by atoms with Crippen molar-refractivity contribution in [1.29, 1.82) is 0 Å². The lowest BCUT2D eigenvalue weighted by atomic mass is 10.1. The highest BCUT2D eigenvalue weighted by molar-refractivity contribution is 5.96. The third kappa shape index (κ3) is 4.03. The van der Waals surface area contributed by atoms with Crippen LogP contribution in [0.15, 0.2) is 18.2 Å². The molecular weight excluding hydrogens is 225 g/mol. The monoisotopic (exact) mass is 241 g/mol. The van der Waals surface area contributed by atoms with E-state index in [9.17, 15) is 14.3 Å². The molecule has 0 saturated carbocycles. The number of aliphatic hydroxyl groups excluding tert-OH is 1. The SMILES string of the molecule is CC(CCCO)NC(=O)c1cc(F)ccc1O. The molecule has 1 aromatic rings. The molecule has 0 saturated heterocycles. The Kier molecular flexibility index (Phi) is 4.90. The van der Waals surface area contributed by atoms with Crippen molar-refractivity contribution in [2.75, 3.05) is 6.61 Å². The summed E-state index contributed by atoms with van der Waals surface area (Å²) in [6, 6.07) is 3.07. The Morgan fingerprint density at radius 3 is 2.88 bits per heavy atom. The topological polar surface area (TPSA) is 69.6 Å². The summed E-state index contributed by atoms with van der Waals surface area (Å²) in [5, 5.41) is 20.7. The first-order valence-electron chi connectivity index (χ1n) is 5.45. The van der Waals surface area contributed by atoms with Crippen molar-refractivity contribution in [2.45, 2.75) is 25.8 Å². The molecule has 4 nitrogen and oxygen atoms in total. The van der Waals surface area contributed by atoms with E-state index in [0.29, 0.717) is 12.8 Å². The van der Waals surface area contributed by atoms with Crippen LogP contribution in [0.1, 0.15) is 30.1 Å². The molecule has 0 radical (unpaired) electrons. The van der Waals surface area contributed by atoms with Gasteiger partial charge in [-0.2, -0.15) is 0 Å². The minimum atomic E-state index is -0.573. The van der Waals surface area contributed by atoms with Gasteiger partial charge >= 0.3 is 0 Å². The number of carbonyl (C=O) groups is 1. The molecule has 17 heavy (non-hydrogen) atoms. The van der Waals surface area contributed by atoms with Crippen molar-refractivity contribution in [3.8, 4) is 5.75 Å². The summed E-state index contributed by atoms with van der Waals surface area (Å²) >= 11 is 0. The number of aliphatic hydroxyl groups is 1. The van der Waals surface area contributed by atoms with E-state index in [0.717, 1.165) is 18.2 Å². The number of carbonyl (C=O) groups excluding carboxylic acids is 1. The van der Waals surface area contributed by atoms with Crippen LogP contribution in [-0.2, 0) is 0 Å². The van der Waals surface area contributed by atoms with E-state index in [1.807, 2.05) is 0 Å². The third-order valence-electron chi connectivity index (χ3n) is 2.38. The van der Waals surface area contributed by atoms with Crippen LogP contribution in [-0.4, -0.2) is 28.8 Å². The van der Waals surface area contributed by atoms with E-state index in [-0.39, 0.29) is 24.0 Å². The number of halogens is 1. The lowest BCUT2D eigenvalue weighted by molar-refractivity contribution is 0.0933. The first-order chi connectivity index (χ1) is 8.04. The average molecular weight is 241 g/mol. The van der Waals surface area contributed by atoms with Gasteiger partial charge in [0.25, 0.3) is 5.91 Å². The zero-order valence-electron chi connectivity index (χ0n) is 9.61. The highest BCUT2D eigenvalue weighted by atomic mass is 19.1. The fourth-order valence-electron chi connectivity index (χ4n) is 1.46. The van der Waals surface area contributed by atoms with Gasteiger partial charge in [0.15, 0.2) is 0 Å². The maximum atomic E-state index is 12.9. The molecule has 1 amide bonds. The smallest absolute Gasteiger partial charge is 0.255 e. The highest BCUT2D eigenvalue weighted by Gasteiger charge is 2.14. The number of amides is 1. The summed E-state index contributed by atoms with van der Waals surface area (Å²) in [6.07, 6.45) is 1.20. The van der Waals surface area contributed by atoms with E-state index < -0.39 is 11.7 Å². The van der Waals surface area contributed by atoms with E-state index in [1.54, 1.807) is 6.92 Å². The summed E-state index contributed by atoms with van der Waals surface area (Å²) in [5.41, 5.74) is -0.0825. The standard InChI is InChI=1S/C12H16FNO3/c1-8(3-2-6-15)14-12(17)10-7-9(13)4-5-11(10)16/h4-5,7-8,15-16H,2-3,6H2,1H3,(H,14,17). The Balaban J connectivity index is 2.66. The molecule has 0 fully saturated rings. The van der Waals surface area contributed by atoms with Crippen molar-refractivity contribution in [3.05, 3.63) is 29.6 Å². The Bertz CT molecular complexity index is 395. The van der Waals surface area contributed by atoms with Crippen molar-refractivity contribution >= 4 is 5.91 Å². The second-order valence-corrected chi connectivity index (χ2v) is 3.90. The molecule has 1 rings (SSSR count). The predicted octanol–water partition coefficient (Wildman–Crippen LogP) is 1.42. The van der Waals surface area contributed by atoms with Crippen LogP contribution >= 0.6 is 0 Å². The number of benzene rings is 1. The van der Waals surface area contributed by atoms with Gasteiger partial charge in [-0.1, -0.05) is 0 Å². The third-order valence-corrected chi connectivity index (χ3v) is 2.38. The molecule has 0 heterocycles. The van der Waals surface area contributed by atoms with E-state index in [1.165, 1.54) is 0 Å². The predicted molar refractivity (Wildman–Crippen MR) is 61.3 cm³/mol. The van der Waals surface area contributed by atoms with Gasteiger partial charge < -0.3 is 15.5 Å². The second-order valence-electron chi connectivity index (χ2n) is 3.90. The molecule has 94 valence electrons. The Hall–Kier alpha value is -1.62. The van der Waals surface area contributed by atoms with Gasteiger partial charge in [0.1, 0.15) is 11.6 Å². The lowest BCUT2D eigenvalue weighted by Crippen LogP contribution is -2.32. The minimum absolute atomic E-state index is 0.0609. The first kappa shape index (κ1) is 13.4. The van der Waals surface area contributed by atoms with Crippen LogP contribution in [0.4, 0.5) is 4.39 Å². The Morgan fingerprint density at radius 1 is 1.53 bits per heavy atom. The zero-order valence-corrected chi connectivity index (χ0v) is 9.61. The number of hydrogen-bond donors (Lipinski definition) is 3. The van der Waals surface area contributed by atoms with E-state index in [4.69, 9.17) is 5.11 Å². The first-order valence-corrected chi connectivity index (χ1v) is 5.45. The average Bonchev–Trinajstić information content (AvgIpc) is 2.29. The molecule has 0 bridgehead atoms. The summed E-state index contributed by atoms with van der Waals surface area (Å²) in [6.45, 7) is 1.84. The molecule has 5 heteroatoms. The second kappa shape index (κ2) is 6.20. The fraction of sp³-hybridized carbons (Fsp3) is 0.417. The molecule has 0 aliphatic heterocycles. The van der Waals surface area contributed by atoms with Crippen molar-refractivity contribution < 1.29 is 19.4 Å². The van der Waals surface area contributed by atoms with Gasteiger partial charge in [0.2, 0.25) is 0 Å². The molecule has 3 N–H and O–H groups in total. The number of hydrogen-bond acceptors (Lipinski definition) is 3. The number of phenolic OH excluding ortho intramolecular Hbond substituents is 1. The lowest BCUT2D eigenvalue weighted by Gasteiger charge is -2.13. The Labute approximate surface area is 99.1 Å². The minimum Gasteiger partial charge on any atom is -0.507 e. The fourth-order valence-corrected chi connectivity index (χ4v) is 1.46. The summed E-state index contributed by atoms with van der Waals surface area (Å²) in [7, 11) is 0. The van der Waals surface area contributed by atoms with Crippen molar-refractivity contribution in [1.82, 2.24) is 5.32 Å². The largest absolute Gasteiger partial charge is 0.507 e. The quantitative estimate of drug-likeness (QED) is 0.730. The van der Waals surface area contributed by atoms with Crippen LogP contribution in [0.3, 0.4) is 0 Å². The van der Waals surface area contributed by atoms with Crippen LogP contribution in [0.2, 0.25) is 0 Å². The summed E-state index contributed by atoms with van der Waals surface area (Å²) in [4.78, 5) is 11.7. The van der Waals surface area contributed by atoms with Gasteiger partial charge in [0, 0.05) is 12.6 Å². The van der Waals surface area contributed by atoms with Gasteiger partial charge in [0.05, 0.1) is 5.56 Å². The summed E-state index contributed by atoms with van der Waals surface area (Å²) < 4.78 is 12.9. The summed E-state index contributed by atoms with van der Waals surface area (Å²) in [5.74, 6) is -1.35. The molecular formula is C12H16FNO3. The normalized spacial score (nSPS) is 12.2. The zero-order chi connectivity index (χ0) is 12.8. The van der Waals surface area contributed by atoms with Crippen LogP contribution < -0.4 is 5.32 Å². The van der Waals surface area contributed by atoms with Crippen molar-refractivity contribution in [2.24, 2.45) is 0 Å². The molecule has 0 aliphatic rings. The molecule has 1 unspecified atom stereocenters. The molecule has 1 aromatic carbocycles. The van der Waals surface area contributed by atoms with Gasteiger partial charge in [-0.3, -0.25) is 4.79 Å². The number of rotatable bonds is 5. The van der Waals surface area contributed by atoms with Crippen LogP contribution in [0, 0.1) is 5.82 Å². The number of nitrogens with one attached hydrogen (secondary N) is 1. The molecule has 0 aromatic heterocycles. The van der Waals surface area contributed by atoms with Crippen LogP contribution in [0.25, 0.3) is 0 Å². The Morgan fingerprint density at radius 2 is 2.24 bits per heavy atom. The van der Waals surface area contributed by atoms with Crippen molar-refractivity contribution in [3.63, 3.8) is 0 Å². The maximum Gasteiger partial charge on any atom is 0.255 e. The molecule has 1 atom stereocenters.